The minimum Gasteiger partial charge on any atom is -0.492 e. The SMILES string of the molecule is COc1c2c(cc3c1[C@H](CC(=O)c1cc4c(cc1C)C(C)(C)[C@H](C)C4(C)C)[N+](C)(C)CC3)OCO2. The minimum atomic E-state index is -0.0215. The van der Waals surface area contributed by atoms with Crippen molar-refractivity contribution in [1.82, 2.24) is 0 Å². The Morgan fingerprint density at radius 2 is 1.74 bits per heavy atom. The number of nitrogens with zero attached hydrogens (tertiary/aromatic N) is 1. The van der Waals surface area contributed by atoms with Crippen molar-refractivity contribution >= 4 is 5.78 Å². The van der Waals surface area contributed by atoms with Crippen molar-refractivity contribution in [2.75, 3.05) is 34.5 Å². The lowest BCUT2D eigenvalue weighted by Gasteiger charge is -2.43. The number of carbonyl (C=O) groups excluding carboxylic acids is 1. The normalized spacial score (nSPS) is 24.6. The van der Waals surface area contributed by atoms with Gasteiger partial charge in [0.15, 0.2) is 17.3 Å². The first-order valence-electron chi connectivity index (χ1n) is 12.8. The van der Waals surface area contributed by atoms with Gasteiger partial charge in [-0.3, -0.25) is 4.79 Å². The number of hydrogen-bond donors (Lipinski definition) is 0. The number of rotatable bonds is 4. The van der Waals surface area contributed by atoms with Crippen LogP contribution in [-0.4, -0.2) is 44.8 Å². The summed E-state index contributed by atoms with van der Waals surface area (Å²) < 4.78 is 18.1. The summed E-state index contributed by atoms with van der Waals surface area (Å²) in [6.07, 6.45) is 1.34. The van der Waals surface area contributed by atoms with E-state index >= 15 is 0 Å². The van der Waals surface area contributed by atoms with Crippen molar-refractivity contribution in [1.29, 1.82) is 0 Å². The lowest BCUT2D eigenvalue weighted by Crippen LogP contribution is -2.48. The molecule has 0 saturated carbocycles. The molecule has 0 N–H and O–H groups in total. The van der Waals surface area contributed by atoms with E-state index in [0.717, 1.165) is 45.6 Å². The number of methoxy groups -OCH3 is 1. The predicted molar refractivity (Wildman–Crippen MR) is 138 cm³/mol. The third-order valence-corrected chi connectivity index (χ3v) is 9.68. The van der Waals surface area contributed by atoms with Crippen LogP contribution >= 0.6 is 0 Å². The number of benzene rings is 2. The van der Waals surface area contributed by atoms with Crippen molar-refractivity contribution in [2.45, 2.75) is 71.3 Å². The van der Waals surface area contributed by atoms with Crippen LogP contribution in [0, 0.1) is 12.8 Å². The van der Waals surface area contributed by atoms with Gasteiger partial charge in [-0.2, -0.15) is 0 Å². The summed E-state index contributed by atoms with van der Waals surface area (Å²) in [4.78, 5) is 14.0. The van der Waals surface area contributed by atoms with Crippen LogP contribution in [-0.2, 0) is 17.3 Å². The Bertz CT molecular complexity index is 1220. The molecule has 0 spiro atoms. The zero-order chi connectivity index (χ0) is 25.5. The number of hydrogen-bond acceptors (Lipinski definition) is 4. The first kappa shape index (κ1) is 24.2. The topological polar surface area (TPSA) is 44.8 Å². The second-order valence-electron chi connectivity index (χ2n) is 12.5. The second kappa shape index (κ2) is 7.73. The van der Waals surface area contributed by atoms with Crippen LogP contribution in [0.15, 0.2) is 18.2 Å². The molecule has 0 fully saturated rings. The van der Waals surface area contributed by atoms with Crippen LogP contribution in [0.2, 0.25) is 0 Å². The lowest BCUT2D eigenvalue weighted by molar-refractivity contribution is -0.922. The maximum absolute atomic E-state index is 14.0. The van der Waals surface area contributed by atoms with Crippen LogP contribution in [0.1, 0.15) is 85.3 Å². The van der Waals surface area contributed by atoms with Gasteiger partial charge >= 0.3 is 0 Å². The molecule has 2 aliphatic heterocycles. The number of ether oxygens (including phenoxy) is 3. The molecule has 0 radical (unpaired) electrons. The van der Waals surface area contributed by atoms with E-state index in [1.807, 2.05) is 0 Å². The minimum absolute atomic E-state index is 0.0215. The predicted octanol–water partition coefficient (Wildman–Crippen LogP) is 5.88. The lowest BCUT2D eigenvalue weighted by atomic mass is 9.71. The summed E-state index contributed by atoms with van der Waals surface area (Å²) in [5.41, 5.74) is 7.04. The summed E-state index contributed by atoms with van der Waals surface area (Å²) in [6.45, 7) is 14.9. The highest BCUT2D eigenvalue weighted by Gasteiger charge is 2.49. The molecule has 2 aromatic carbocycles. The van der Waals surface area contributed by atoms with Gasteiger partial charge in [0, 0.05) is 12.0 Å². The van der Waals surface area contributed by atoms with Crippen molar-refractivity contribution in [2.24, 2.45) is 5.92 Å². The fourth-order valence-corrected chi connectivity index (χ4v) is 6.84. The molecule has 2 heterocycles. The molecule has 5 nitrogen and oxygen atoms in total. The average Bonchev–Trinajstić information content (AvgIpc) is 3.30. The van der Waals surface area contributed by atoms with E-state index in [-0.39, 0.29) is 29.4 Å². The maximum Gasteiger partial charge on any atom is 0.231 e. The number of fused-ring (bicyclic) bond motifs is 3. The molecule has 188 valence electrons. The van der Waals surface area contributed by atoms with Crippen molar-refractivity contribution in [3.05, 3.63) is 51.6 Å². The zero-order valence-corrected chi connectivity index (χ0v) is 22.8. The summed E-state index contributed by atoms with van der Waals surface area (Å²) in [5.74, 6) is 2.82. The van der Waals surface area contributed by atoms with E-state index in [1.54, 1.807) is 7.11 Å². The van der Waals surface area contributed by atoms with Crippen LogP contribution in [0.4, 0.5) is 0 Å². The summed E-state index contributed by atoms with van der Waals surface area (Å²) in [6, 6.07) is 6.55. The Morgan fingerprint density at radius 1 is 1.09 bits per heavy atom. The molecule has 35 heavy (non-hydrogen) atoms. The fourth-order valence-electron chi connectivity index (χ4n) is 6.84. The molecule has 0 amide bonds. The van der Waals surface area contributed by atoms with Crippen LogP contribution in [0.25, 0.3) is 0 Å². The summed E-state index contributed by atoms with van der Waals surface area (Å²) in [7, 11) is 6.11. The highest BCUT2D eigenvalue weighted by Crippen LogP contribution is 2.55. The smallest absolute Gasteiger partial charge is 0.231 e. The van der Waals surface area contributed by atoms with Gasteiger partial charge in [0.1, 0.15) is 6.04 Å². The van der Waals surface area contributed by atoms with Gasteiger partial charge in [0.25, 0.3) is 0 Å². The molecule has 2 atom stereocenters. The molecule has 0 saturated heterocycles. The second-order valence-corrected chi connectivity index (χ2v) is 12.5. The molecule has 5 rings (SSSR count). The molecule has 0 unspecified atom stereocenters. The molecule has 0 aromatic heterocycles. The molecule has 1 aliphatic carbocycles. The van der Waals surface area contributed by atoms with Crippen LogP contribution in [0.5, 0.6) is 17.2 Å². The van der Waals surface area contributed by atoms with E-state index in [4.69, 9.17) is 14.2 Å². The van der Waals surface area contributed by atoms with Gasteiger partial charge in [-0.25, -0.2) is 0 Å². The largest absolute Gasteiger partial charge is 0.492 e. The van der Waals surface area contributed by atoms with Crippen molar-refractivity contribution < 1.29 is 23.5 Å². The summed E-state index contributed by atoms with van der Waals surface area (Å²) in [5, 5.41) is 0. The van der Waals surface area contributed by atoms with Crippen LogP contribution in [0.3, 0.4) is 0 Å². The third-order valence-electron chi connectivity index (χ3n) is 9.68. The van der Waals surface area contributed by atoms with Gasteiger partial charge in [-0.1, -0.05) is 40.7 Å². The average molecular weight is 479 g/mol. The quantitative estimate of drug-likeness (QED) is 0.406. The zero-order valence-electron chi connectivity index (χ0n) is 22.8. The number of ketones is 1. The first-order chi connectivity index (χ1) is 16.3. The van der Waals surface area contributed by atoms with E-state index < -0.39 is 0 Å². The van der Waals surface area contributed by atoms with E-state index in [9.17, 15) is 4.79 Å². The van der Waals surface area contributed by atoms with Crippen molar-refractivity contribution in [3.8, 4) is 17.2 Å². The third kappa shape index (κ3) is 3.41. The summed E-state index contributed by atoms with van der Waals surface area (Å²) >= 11 is 0. The van der Waals surface area contributed by atoms with Gasteiger partial charge < -0.3 is 18.7 Å². The van der Waals surface area contributed by atoms with Gasteiger partial charge in [-0.15, -0.1) is 0 Å². The Morgan fingerprint density at radius 3 is 2.40 bits per heavy atom. The van der Waals surface area contributed by atoms with Gasteiger partial charge in [-0.05, 0) is 58.1 Å². The van der Waals surface area contributed by atoms with Gasteiger partial charge in [0.2, 0.25) is 12.5 Å². The fraction of sp³-hybridized carbons (Fsp3) is 0.567. The number of aryl methyl sites for hydroxylation is 1. The van der Waals surface area contributed by atoms with Gasteiger partial charge in [0.05, 0.1) is 39.7 Å². The van der Waals surface area contributed by atoms with E-state index in [0.29, 0.717) is 18.1 Å². The van der Waals surface area contributed by atoms with Crippen molar-refractivity contribution in [3.63, 3.8) is 0 Å². The molecule has 5 heteroatoms. The van der Waals surface area contributed by atoms with Crippen LogP contribution < -0.4 is 14.2 Å². The molecule has 2 aromatic rings. The molecular formula is C30H40NO4+. The Balaban J connectivity index is 1.57. The molecular weight excluding hydrogens is 438 g/mol. The Kier molecular flexibility index (Phi) is 5.34. The number of likely N-dealkylation sites (N-methyl/N-ethyl adjacent to an activating group) is 1. The van der Waals surface area contributed by atoms with E-state index in [2.05, 4.69) is 73.8 Å². The number of Topliss-reactive ketones (excluding diaryl/α,β-unsaturated/α-hetero) is 1. The standard InChI is InChI=1S/C30H40NO4/c1-17-12-21-22(30(5,6)18(2)29(21,3)4)14-20(17)24(32)15-23-26-19(10-11-31(23,7)8)13-25-27(28(26)33-9)35-16-34-25/h12-14,18,23H,10-11,15-16H2,1-9H3/q+1/t18-,23-/m0/s1. The van der Waals surface area contributed by atoms with E-state index in [1.165, 1.54) is 16.7 Å². The molecule has 0 bridgehead atoms. The highest BCUT2D eigenvalue weighted by atomic mass is 16.7. The molecule has 3 aliphatic rings. The first-order valence-corrected chi connectivity index (χ1v) is 12.8. The Labute approximate surface area is 210 Å². The highest BCUT2D eigenvalue weighted by molar-refractivity contribution is 5.98. The number of carbonyl (C=O) groups is 1. The Hall–Kier alpha value is -2.53. The monoisotopic (exact) mass is 478 g/mol. The number of quaternary nitrogens is 1. The maximum atomic E-state index is 14.0.